The summed E-state index contributed by atoms with van der Waals surface area (Å²) in [6.07, 6.45) is 0. The zero-order valence-electron chi connectivity index (χ0n) is 14.4. The number of para-hydroxylation sites is 2. The normalized spacial score (nSPS) is 10.2. The Kier molecular flexibility index (Phi) is 6.12. The molecule has 0 heterocycles. The third-order valence-electron chi connectivity index (χ3n) is 3.58. The van der Waals surface area contributed by atoms with Crippen molar-refractivity contribution in [2.45, 2.75) is 4.90 Å². The number of ether oxygens (including phenoxy) is 1. The molecular formula is C21H18N2O3S. The molecule has 3 aromatic carbocycles. The zero-order chi connectivity index (χ0) is 19.1. The SMILES string of the molecule is NC(=O)CSc1ccccc1NC(=O)c1cccc(Oc2ccccc2)c1. The van der Waals surface area contributed by atoms with E-state index in [2.05, 4.69) is 5.32 Å². The van der Waals surface area contributed by atoms with Gasteiger partial charge in [0, 0.05) is 10.5 Å². The molecule has 0 atom stereocenters. The summed E-state index contributed by atoms with van der Waals surface area (Å²) in [4.78, 5) is 24.4. The lowest BCUT2D eigenvalue weighted by atomic mass is 10.2. The van der Waals surface area contributed by atoms with E-state index in [1.54, 1.807) is 30.3 Å². The van der Waals surface area contributed by atoms with Crippen molar-refractivity contribution < 1.29 is 14.3 Å². The van der Waals surface area contributed by atoms with E-state index in [-0.39, 0.29) is 11.7 Å². The van der Waals surface area contributed by atoms with E-state index < -0.39 is 5.91 Å². The second-order valence-electron chi connectivity index (χ2n) is 5.65. The number of anilines is 1. The number of thioether (sulfide) groups is 1. The highest BCUT2D eigenvalue weighted by atomic mass is 32.2. The summed E-state index contributed by atoms with van der Waals surface area (Å²) in [5.74, 6) is 0.744. The average molecular weight is 378 g/mol. The molecule has 0 aliphatic rings. The van der Waals surface area contributed by atoms with Crippen molar-refractivity contribution in [2.75, 3.05) is 11.1 Å². The van der Waals surface area contributed by atoms with Gasteiger partial charge in [-0.1, -0.05) is 36.4 Å². The van der Waals surface area contributed by atoms with Gasteiger partial charge in [0.25, 0.3) is 5.91 Å². The molecule has 0 spiro atoms. The van der Waals surface area contributed by atoms with E-state index in [1.165, 1.54) is 11.8 Å². The van der Waals surface area contributed by atoms with Gasteiger partial charge in [-0.25, -0.2) is 0 Å². The molecule has 136 valence electrons. The lowest BCUT2D eigenvalue weighted by Gasteiger charge is -2.11. The topological polar surface area (TPSA) is 81.4 Å². The third-order valence-corrected chi connectivity index (χ3v) is 4.68. The summed E-state index contributed by atoms with van der Waals surface area (Å²) in [5.41, 5.74) is 6.30. The van der Waals surface area contributed by atoms with Crippen molar-refractivity contribution in [3.05, 3.63) is 84.4 Å². The fraction of sp³-hybridized carbons (Fsp3) is 0.0476. The Morgan fingerprint density at radius 2 is 1.59 bits per heavy atom. The molecule has 0 fully saturated rings. The molecule has 3 aromatic rings. The number of nitrogens with one attached hydrogen (secondary N) is 1. The van der Waals surface area contributed by atoms with Gasteiger partial charge in [-0.2, -0.15) is 0 Å². The molecule has 0 aromatic heterocycles. The summed E-state index contributed by atoms with van der Waals surface area (Å²) in [7, 11) is 0. The first-order valence-corrected chi connectivity index (χ1v) is 9.25. The van der Waals surface area contributed by atoms with Crippen molar-refractivity contribution in [2.24, 2.45) is 5.73 Å². The minimum atomic E-state index is -0.410. The summed E-state index contributed by atoms with van der Waals surface area (Å²) < 4.78 is 5.77. The maximum Gasteiger partial charge on any atom is 0.255 e. The van der Waals surface area contributed by atoms with Gasteiger partial charge in [-0.15, -0.1) is 11.8 Å². The first-order chi connectivity index (χ1) is 13.1. The van der Waals surface area contributed by atoms with Gasteiger partial charge in [-0.05, 0) is 42.5 Å². The molecule has 0 saturated carbocycles. The Labute approximate surface area is 161 Å². The first-order valence-electron chi connectivity index (χ1n) is 8.26. The zero-order valence-corrected chi connectivity index (χ0v) is 15.2. The largest absolute Gasteiger partial charge is 0.457 e. The number of amides is 2. The number of carbonyl (C=O) groups excluding carboxylic acids is 2. The van der Waals surface area contributed by atoms with Crippen molar-refractivity contribution in [1.29, 1.82) is 0 Å². The van der Waals surface area contributed by atoms with E-state index in [0.717, 1.165) is 4.90 Å². The van der Waals surface area contributed by atoms with Crippen LogP contribution in [0.2, 0.25) is 0 Å². The lowest BCUT2D eigenvalue weighted by molar-refractivity contribution is -0.115. The molecular weight excluding hydrogens is 360 g/mol. The predicted octanol–water partition coefficient (Wildman–Crippen LogP) is 4.31. The van der Waals surface area contributed by atoms with Crippen LogP contribution in [0.4, 0.5) is 5.69 Å². The van der Waals surface area contributed by atoms with Crippen LogP contribution in [-0.2, 0) is 4.79 Å². The summed E-state index contributed by atoms with van der Waals surface area (Å²) in [5, 5.41) is 2.87. The highest BCUT2D eigenvalue weighted by molar-refractivity contribution is 8.00. The summed E-state index contributed by atoms with van der Waals surface area (Å²) in [6.45, 7) is 0. The van der Waals surface area contributed by atoms with Gasteiger partial charge >= 0.3 is 0 Å². The van der Waals surface area contributed by atoms with Crippen LogP contribution in [-0.4, -0.2) is 17.6 Å². The Morgan fingerprint density at radius 3 is 2.37 bits per heavy atom. The third kappa shape index (κ3) is 5.36. The number of primary amides is 1. The lowest BCUT2D eigenvalue weighted by Crippen LogP contribution is -2.14. The monoisotopic (exact) mass is 378 g/mol. The van der Waals surface area contributed by atoms with Crippen LogP contribution < -0.4 is 15.8 Å². The van der Waals surface area contributed by atoms with Crippen molar-refractivity contribution in [3.8, 4) is 11.5 Å². The number of hydrogen-bond acceptors (Lipinski definition) is 4. The maximum atomic E-state index is 12.6. The number of rotatable bonds is 7. The van der Waals surface area contributed by atoms with Crippen LogP contribution in [0.5, 0.6) is 11.5 Å². The second kappa shape index (κ2) is 8.91. The quantitative estimate of drug-likeness (QED) is 0.600. The van der Waals surface area contributed by atoms with E-state index >= 15 is 0 Å². The van der Waals surface area contributed by atoms with Crippen molar-refractivity contribution in [1.82, 2.24) is 0 Å². The van der Waals surface area contributed by atoms with Gasteiger partial charge in [0.2, 0.25) is 5.91 Å². The van der Waals surface area contributed by atoms with Crippen molar-refractivity contribution >= 4 is 29.3 Å². The molecule has 2 amide bonds. The van der Waals surface area contributed by atoms with Gasteiger partial charge in [0.1, 0.15) is 11.5 Å². The molecule has 0 aliphatic carbocycles. The predicted molar refractivity (Wildman–Crippen MR) is 107 cm³/mol. The Hall–Kier alpha value is -3.25. The van der Waals surface area contributed by atoms with Gasteiger partial charge in [0.05, 0.1) is 11.4 Å². The Morgan fingerprint density at radius 1 is 0.889 bits per heavy atom. The van der Waals surface area contributed by atoms with E-state index in [0.29, 0.717) is 22.7 Å². The van der Waals surface area contributed by atoms with Crippen LogP contribution in [0, 0.1) is 0 Å². The van der Waals surface area contributed by atoms with Crippen molar-refractivity contribution in [3.63, 3.8) is 0 Å². The number of hydrogen-bond donors (Lipinski definition) is 2. The molecule has 0 saturated heterocycles. The number of carbonyl (C=O) groups is 2. The van der Waals surface area contributed by atoms with E-state index in [9.17, 15) is 9.59 Å². The highest BCUT2D eigenvalue weighted by Crippen LogP contribution is 2.28. The molecule has 0 bridgehead atoms. The molecule has 6 heteroatoms. The Bertz CT molecular complexity index is 945. The second-order valence-corrected chi connectivity index (χ2v) is 6.67. The van der Waals surface area contributed by atoms with Crippen LogP contribution in [0.25, 0.3) is 0 Å². The molecule has 0 unspecified atom stereocenters. The van der Waals surface area contributed by atoms with Crippen LogP contribution in [0.1, 0.15) is 10.4 Å². The molecule has 27 heavy (non-hydrogen) atoms. The fourth-order valence-electron chi connectivity index (χ4n) is 2.36. The Balaban J connectivity index is 1.73. The number of nitrogens with two attached hydrogens (primary N) is 1. The fourth-order valence-corrected chi connectivity index (χ4v) is 3.11. The molecule has 5 nitrogen and oxygen atoms in total. The summed E-state index contributed by atoms with van der Waals surface area (Å²) in [6, 6.07) is 23.6. The van der Waals surface area contributed by atoms with E-state index in [1.807, 2.05) is 48.5 Å². The minimum Gasteiger partial charge on any atom is -0.457 e. The maximum absolute atomic E-state index is 12.6. The van der Waals surface area contributed by atoms with Crippen LogP contribution in [0.15, 0.2) is 83.8 Å². The van der Waals surface area contributed by atoms with E-state index in [4.69, 9.17) is 10.5 Å². The standard InChI is InChI=1S/C21H18N2O3S/c22-20(24)14-27-19-12-5-4-11-18(19)23-21(25)15-7-6-10-17(13-15)26-16-8-2-1-3-9-16/h1-13H,14H2,(H2,22,24)(H,23,25). The van der Waals surface area contributed by atoms with Gasteiger partial charge in [-0.3, -0.25) is 9.59 Å². The van der Waals surface area contributed by atoms with Gasteiger partial charge in [0.15, 0.2) is 0 Å². The minimum absolute atomic E-state index is 0.146. The first kappa shape index (κ1) is 18.5. The molecule has 0 radical (unpaired) electrons. The van der Waals surface area contributed by atoms with Crippen LogP contribution >= 0.6 is 11.8 Å². The highest BCUT2D eigenvalue weighted by Gasteiger charge is 2.11. The molecule has 3 N–H and O–H groups in total. The van der Waals surface area contributed by atoms with Gasteiger partial charge < -0.3 is 15.8 Å². The average Bonchev–Trinajstić information content (AvgIpc) is 2.68. The smallest absolute Gasteiger partial charge is 0.255 e. The molecule has 0 aliphatic heterocycles. The molecule has 3 rings (SSSR count). The van der Waals surface area contributed by atoms with Crippen LogP contribution in [0.3, 0.4) is 0 Å². The summed E-state index contributed by atoms with van der Waals surface area (Å²) >= 11 is 1.28. The number of benzene rings is 3.